The van der Waals surface area contributed by atoms with Crippen LogP contribution in [-0.2, 0) is 0 Å². The summed E-state index contributed by atoms with van der Waals surface area (Å²) in [5.41, 5.74) is 0. The van der Waals surface area contributed by atoms with Crippen molar-refractivity contribution in [2.24, 2.45) is 0 Å². The van der Waals surface area contributed by atoms with Crippen molar-refractivity contribution in [3.63, 3.8) is 0 Å². The first-order valence-electron chi connectivity index (χ1n) is 1.41. The topological polar surface area (TPSA) is 264 Å². The van der Waals surface area contributed by atoms with E-state index in [2.05, 4.69) is 0 Å². The van der Waals surface area contributed by atoms with Gasteiger partial charge >= 0.3 is 147 Å². The van der Waals surface area contributed by atoms with E-state index in [1.807, 2.05) is 0 Å². The molecule has 0 aliphatic rings. The van der Waals surface area contributed by atoms with Crippen molar-refractivity contribution < 1.29 is 52.0 Å². The quantitative estimate of drug-likeness (QED) is 0.243. The first-order chi connectivity index (χ1) is 3.46. The van der Waals surface area contributed by atoms with Crippen molar-refractivity contribution in [1.82, 2.24) is 0 Å². The Bertz CT molecular complexity index is 34.1. The smallest absolute Gasteiger partial charge is 0.907 e. The van der Waals surface area contributed by atoms with Gasteiger partial charge in [-0.2, -0.15) is 0 Å². The summed E-state index contributed by atoms with van der Waals surface area (Å²) >= 11 is 0. The maximum atomic E-state index is 8.42. The summed E-state index contributed by atoms with van der Waals surface area (Å²) in [6.07, 6.45) is 0. The molecule has 0 atom stereocenters. The van der Waals surface area contributed by atoms with Crippen LogP contribution >= 0.6 is 0 Å². The third kappa shape index (κ3) is 253. The summed E-state index contributed by atoms with van der Waals surface area (Å²) < 4.78 is 0. The maximum Gasteiger partial charge on any atom is 2.00 e. The Balaban J connectivity index is -0.00000000468. The average Bonchev–Trinajstić information content (AvgIpc) is 1.25. The van der Waals surface area contributed by atoms with E-state index in [0.717, 1.165) is 0 Å². The van der Waals surface area contributed by atoms with Crippen LogP contribution in [0.3, 0.4) is 0 Å². The van der Waals surface area contributed by atoms with Crippen LogP contribution in [0.5, 0.6) is 0 Å². The van der Waals surface area contributed by atoms with Crippen LogP contribution in [0, 0.1) is 0 Å². The van der Waals surface area contributed by atoms with Crippen LogP contribution in [0.15, 0.2) is 0 Å². The van der Waals surface area contributed by atoms with Gasteiger partial charge in [0.05, 0.1) is 0 Å². The van der Waals surface area contributed by atoms with Gasteiger partial charge in [-0.1, -0.05) is 0 Å². The second-order valence-corrected chi connectivity index (χ2v) is 0.577. The molecule has 10 nitrogen and oxygen atoms in total. The monoisotopic (exact) mass is 604 g/mol. The van der Waals surface area contributed by atoms with Crippen LogP contribution in [0.25, 0.3) is 0 Å². The van der Waals surface area contributed by atoms with Crippen molar-refractivity contribution >= 4 is 161 Å². The van der Waals surface area contributed by atoms with Gasteiger partial charge in [0.2, 0.25) is 0 Å². The van der Waals surface area contributed by atoms with Gasteiger partial charge in [-0.3, -0.25) is 14.6 Å². The van der Waals surface area contributed by atoms with Gasteiger partial charge in [-0.15, -0.1) is 0 Å². The van der Waals surface area contributed by atoms with Crippen molar-refractivity contribution in [3.05, 3.63) is 0 Å². The summed E-state index contributed by atoms with van der Waals surface area (Å²) in [7, 11) is -5.83. The van der Waals surface area contributed by atoms with E-state index in [4.69, 9.17) is 30.1 Å². The molecule has 15 heavy (non-hydrogen) atoms. The summed E-state index contributed by atoms with van der Waals surface area (Å²) in [4.78, 5) is 0. The van der Waals surface area contributed by atoms with E-state index in [-0.39, 0.29) is 169 Å². The van der Waals surface area contributed by atoms with Gasteiger partial charge in [0.1, 0.15) is 0 Å². The SMILES string of the molecule is O.O.O.O.[Ba+2].[Ba+2].[Ba+2].[O-]B([O-])[O-].[O-]B([O-])[O-]. The number of hydrogen-bond acceptors (Lipinski definition) is 6. The molecular weight excluding hydrogens is 594 g/mol. The van der Waals surface area contributed by atoms with Gasteiger partial charge in [0, 0.05) is 0 Å². The molecule has 0 spiro atoms. The number of hydrogen-bond donors (Lipinski definition) is 0. The molecule has 0 rings (SSSR count). The van der Waals surface area contributed by atoms with E-state index < -0.39 is 14.6 Å². The fraction of sp³-hybridized carbons (Fsp3) is 0. The zero-order valence-electron chi connectivity index (χ0n) is 7.73. The largest absolute Gasteiger partial charge is 2.00 e. The molecule has 0 bridgehead atoms. The summed E-state index contributed by atoms with van der Waals surface area (Å²) in [5, 5.41) is 50.5. The zero-order valence-corrected chi connectivity index (χ0v) is 21.0. The number of rotatable bonds is 0. The van der Waals surface area contributed by atoms with Crippen LogP contribution in [0.2, 0.25) is 0 Å². The fourth-order valence-corrected chi connectivity index (χ4v) is 0. The van der Waals surface area contributed by atoms with E-state index >= 15 is 0 Å². The van der Waals surface area contributed by atoms with Crippen molar-refractivity contribution in [3.8, 4) is 0 Å². The Morgan fingerprint density at radius 1 is 0.400 bits per heavy atom. The molecule has 0 aromatic rings. The van der Waals surface area contributed by atoms with Crippen LogP contribution < -0.4 is 30.1 Å². The molecule has 0 saturated carbocycles. The van der Waals surface area contributed by atoms with Gasteiger partial charge in [-0.05, 0) is 0 Å². The zero-order chi connectivity index (χ0) is 7.15. The second kappa shape index (κ2) is 51.5. The molecule has 0 radical (unpaired) electrons. The minimum absolute atomic E-state index is 0. The van der Waals surface area contributed by atoms with Gasteiger partial charge < -0.3 is 52.0 Å². The van der Waals surface area contributed by atoms with E-state index in [1.165, 1.54) is 0 Å². The van der Waals surface area contributed by atoms with Crippen LogP contribution in [-0.4, -0.2) is 183 Å². The van der Waals surface area contributed by atoms with Crippen molar-refractivity contribution in [2.75, 3.05) is 0 Å². The van der Waals surface area contributed by atoms with E-state index in [1.54, 1.807) is 0 Å². The molecule has 0 aliphatic carbocycles. The minimum Gasteiger partial charge on any atom is -0.907 e. The molecule has 0 aromatic carbocycles. The Morgan fingerprint density at radius 2 is 0.400 bits per heavy atom. The van der Waals surface area contributed by atoms with Gasteiger partial charge in [-0.25, -0.2) is 0 Å². The first-order valence-corrected chi connectivity index (χ1v) is 1.41. The molecule has 0 fully saturated rings. The third-order valence-electron chi connectivity index (χ3n) is 0. The van der Waals surface area contributed by atoms with Gasteiger partial charge in [0.15, 0.2) is 0 Å². The fourth-order valence-electron chi connectivity index (χ4n) is 0. The van der Waals surface area contributed by atoms with Crippen LogP contribution in [0.4, 0.5) is 0 Å². The molecule has 0 saturated heterocycles. The maximum absolute atomic E-state index is 8.42. The van der Waals surface area contributed by atoms with E-state index in [9.17, 15) is 0 Å². The molecule has 0 aliphatic heterocycles. The molecule has 0 aromatic heterocycles. The molecular formula is H8B2Ba3O10. The average molecular weight is 602 g/mol. The van der Waals surface area contributed by atoms with Crippen molar-refractivity contribution in [2.45, 2.75) is 0 Å². The van der Waals surface area contributed by atoms with Crippen molar-refractivity contribution in [1.29, 1.82) is 0 Å². The third-order valence-corrected chi connectivity index (χ3v) is 0. The molecule has 80 valence electrons. The Morgan fingerprint density at radius 3 is 0.400 bits per heavy atom. The van der Waals surface area contributed by atoms with Crippen LogP contribution in [0.1, 0.15) is 0 Å². The molecule has 0 amide bonds. The summed E-state index contributed by atoms with van der Waals surface area (Å²) in [6.45, 7) is 0. The summed E-state index contributed by atoms with van der Waals surface area (Å²) in [6, 6.07) is 0. The standard InChI is InChI=1S/2BO3.3Ba.4H2O/c2*2-1(3)4;;;;;;;/h;;;;;4*1H2/q2*-3;3*+2;;;;. The predicted molar refractivity (Wildman–Crippen MR) is 43.2 cm³/mol. The van der Waals surface area contributed by atoms with Gasteiger partial charge in [0.25, 0.3) is 0 Å². The molecule has 0 heterocycles. The molecule has 15 heteroatoms. The molecule has 8 N–H and O–H groups in total. The second-order valence-electron chi connectivity index (χ2n) is 0.577. The first kappa shape index (κ1) is 60.6. The van der Waals surface area contributed by atoms with E-state index in [0.29, 0.717) is 0 Å². The minimum atomic E-state index is -2.92. The Labute approximate surface area is 208 Å². The Kier molecular flexibility index (Phi) is 208. The molecule has 0 unspecified atom stereocenters. The normalized spacial score (nSPS) is 3.60. The Hall–Kier alpha value is 4.44. The summed E-state index contributed by atoms with van der Waals surface area (Å²) in [5.74, 6) is 0. The predicted octanol–water partition coefficient (Wildman–Crippen LogP) is -12.3.